The van der Waals surface area contributed by atoms with Crippen LogP contribution in [0.1, 0.15) is 6.92 Å². The summed E-state index contributed by atoms with van der Waals surface area (Å²) in [5.41, 5.74) is -2.91. The number of ketones is 1. The molecule has 1 heterocycles. The van der Waals surface area contributed by atoms with Crippen molar-refractivity contribution in [3.8, 4) is 11.5 Å². The smallest absolute Gasteiger partial charge is 0.744 e. The van der Waals surface area contributed by atoms with E-state index in [9.17, 15) is 67.1 Å². The molecule has 1 amide bonds. The van der Waals surface area contributed by atoms with E-state index in [1.165, 1.54) is 12.1 Å². The average molecular weight is 952 g/mol. The number of phenolic OH excluding ortho intramolecular Hbond substituents is 2. The maximum Gasteiger partial charge on any atom is 1.00 e. The van der Waals surface area contributed by atoms with E-state index in [0.717, 1.165) is 43.3 Å². The van der Waals surface area contributed by atoms with Gasteiger partial charge in [-0.15, -0.1) is 10.2 Å². The van der Waals surface area contributed by atoms with E-state index in [1.54, 1.807) is 0 Å². The van der Waals surface area contributed by atoms with Gasteiger partial charge < -0.3 is 23.9 Å². The number of sulfone groups is 1. The Morgan fingerprint density at radius 3 is 1.97 bits per heavy atom. The number of nitrogens with zero attached hydrogens (tertiary/aromatic N) is 6. The van der Waals surface area contributed by atoms with Crippen molar-refractivity contribution >= 4 is 91.1 Å². The number of carbonyl (C=O) groups is 2. The predicted octanol–water partition coefficient (Wildman–Crippen LogP) is -6.25. The first-order valence-electron chi connectivity index (χ1n) is 14.2. The number of azo groups is 2. The van der Waals surface area contributed by atoms with Crippen LogP contribution in [0.25, 0.3) is 10.8 Å². The van der Waals surface area contributed by atoms with Crippen LogP contribution < -0.4 is 93.7 Å². The quantitative estimate of drug-likeness (QED) is 0.0803. The number of hydrogen-bond donors (Lipinski definition) is 2. The van der Waals surface area contributed by atoms with Crippen LogP contribution in [0.15, 0.2) is 118 Å². The van der Waals surface area contributed by atoms with Gasteiger partial charge in [-0.05, 0) is 53.9 Å². The minimum absolute atomic E-state index is 0. The van der Waals surface area contributed by atoms with E-state index < -0.39 is 106 Å². The normalized spacial score (nSPS) is 14.6. The molecule has 1 atom stereocenters. The van der Waals surface area contributed by atoms with Crippen molar-refractivity contribution in [3.63, 3.8) is 0 Å². The summed E-state index contributed by atoms with van der Waals surface area (Å²) < 4.78 is 131. The van der Waals surface area contributed by atoms with E-state index in [4.69, 9.17) is 0 Å². The summed E-state index contributed by atoms with van der Waals surface area (Å²) in [5.74, 6) is -4.21. The Morgan fingerprint density at radius 2 is 1.41 bits per heavy atom. The van der Waals surface area contributed by atoms with Crippen molar-refractivity contribution in [3.05, 3.63) is 72.7 Å². The van der Waals surface area contributed by atoms with Crippen LogP contribution in [0.3, 0.4) is 0 Å². The van der Waals surface area contributed by atoms with E-state index in [1.807, 2.05) is 0 Å². The number of fused-ring (bicyclic) bond motifs is 1. The second-order valence-corrected chi connectivity index (χ2v) is 16.8. The molecule has 1 aliphatic heterocycles. The SMILES string of the molecule is C=CS(=O)(=O)c1cc(N=Nc2c(S(=O)(=O)[O-])cc3ccc(N=NC4C(=O)N(c5cccc(S(=O)(=O)[O-])c5)N=C4C(C)=O)cc3c2O)c(O)c(S(=O)(=O)[O-])c1.[Cu].[Na+].[Na+].[Na+]. The van der Waals surface area contributed by atoms with E-state index in [-0.39, 0.29) is 128 Å². The number of anilines is 1. The Balaban J connectivity index is 0.00000420. The molecule has 0 aliphatic carbocycles. The number of carbonyl (C=O) groups excluding carboxylic acids is 2. The molecule has 1 radical (unpaired) electrons. The molecule has 29 heteroatoms. The maximum absolute atomic E-state index is 13.2. The van der Waals surface area contributed by atoms with Gasteiger partial charge in [0.25, 0.3) is 5.91 Å². The number of rotatable bonds is 11. The minimum Gasteiger partial charge on any atom is -0.744 e. The number of benzene rings is 4. The van der Waals surface area contributed by atoms with Crippen molar-refractivity contribution in [2.45, 2.75) is 32.5 Å². The Morgan fingerprint density at radius 1 is 0.793 bits per heavy atom. The first-order valence-corrected chi connectivity index (χ1v) is 20.0. The van der Waals surface area contributed by atoms with Gasteiger partial charge in [0.1, 0.15) is 47.4 Å². The van der Waals surface area contributed by atoms with Gasteiger partial charge in [0.15, 0.2) is 33.2 Å². The van der Waals surface area contributed by atoms with Gasteiger partial charge in [-0.25, -0.2) is 33.7 Å². The van der Waals surface area contributed by atoms with Gasteiger partial charge in [-0.2, -0.15) is 20.3 Å². The summed E-state index contributed by atoms with van der Waals surface area (Å²) in [7, 11) is -20.4. The molecule has 293 valence electrons. The largest absolute Gasteiger partial charge is 1.00 e. The predicted molar refractivity (Wildman–Crippen MR) is 180 cm³/mol. The van der Waals surface area contributed by atoms with Crippen molar-refractivity contribution in [1.82, 2.24) is 0 Å². The number of Topliss-reactive ketones (excluding diaryl/α,β-unsaturated/α-hetero) is 1. The third-order valence-electron chi connectivity index (χ3n) is 7.32. The van der Waals surface area contributed by atoms with E-state index in [2.05, 4.69) is 32.1 Å². The molecular formula is C29H19CuN6Na3O15S4. The summed E-state index contributed by atoms with van der Waals surface area (Å²) >= 11 is 0. The van der Waals surface area contributed by atoms with Gasteiger partial charge in [0.2, 0.25) is 0 Å². The molecule has 0 fully saturated rings. The molecule has 4 aromatic carbocycles. The average Bonchev–Trinajstić information content (AvgIpc) is 3.42. The van der Waals surface area contributed by atoms with Crippen molar-refractivity contribution < 1.29 is 173 Å². The molecule has 0 bridgehead atoms. The van der Waals surface area contributed by atoms with Gasteiger partial charge in [-0.1, -0.05) is 18.7 Å². The molecule has 0 saturated heterocycles. The molecule has 58 heavy (non-hydrogen) atoms. The summed E-state index contributed by atoms with van der Waals surface area (Å²) in [6.45, 7) is 4.11. The molecule has 21 nitrogen and oxygen atoms in total. The second kappa shape index (κ2) is 20.0. The molecule has 4 aromatic rings. The van der Waals surface area contributed by atoms with Gasteiger partial charge >= 0.3 is 88.7 Å². The Kier molecular flexibility index (Phi) is 18.6. The van der Waals surface area contributed by atoms with E-state index in [0.29, 0.717) is 22.5 Å². The second-order valence-electron chi connectivity index (χ2n) is 10.8. The molecule has 0 spiro atoms. The fraction of sp³-hybridized carbons (Fsp3) is 0.0690. The Labute approximate surface area is 406 Å². The molecular weight excluding hydrogens is 933 g/mol. The van der Waals surface area contributed by atoms with Crippen molar-refractivity contribution in [2.75, 3.05) is 5.01 Å². The zero-order valence-corrected chi connectivity index (χ0v) is 40.2. The van der Waals surface area contributed by atoms with Gasteiger partial charge in [0.05, 0.1) is 31.0 Å². The molecule has 0 aromatic heterocycles. The molecule has 1 aliphatic rings. The summed E-state index contributed by atoms with van der Waals surface area (Å²) in [4.78, 5) is 21.4. The van der Waals surface area contributed by atoms with Crippen LogP contribution in [0.4, 0.5) is 22.7 Å². The molecule has 1 unspecified atom stereocenters. The number of hydrogen-bond acceptors (Lipinski definition) is 20. The van der Waals surface area contributed by atoms with Gasteiger partial charge in [0, 0.05) is 34.8 Å². The summed E-state index contributed by atoms with van der Waals surface area (Å²) in [5, 5.41) is 40.7. The van der Waals surface area contributed by atoms with Crippen molar-refractivity contribution in [1.29, 1.82) is 0 Å². The molecule has 2 N–H and O–H groups in total. The first kappa shape index (κ1) is 53.7. The summed E-state index contributed by atoms with van der Waals surface area (Å²) in [6, 6.07) is 7.52. The van der Waals surface area contributed by atoms with Crippen LogP contribution >= 0.6 is 0 Å². The molecule has 0 saturated carbocycles. The van der Waals surface area contributed by atoms with Crippen LogP contribution in [0, 0.1) is 0 Å². The van der Waals surface area contributed by atoms with Crippen molar-refractivity contribution in [2.24, 2.45) is 25.6 Å². The third kappa shape index (κ3) is 11.5. The van der Waals surface area contributed by atoms with Crippen LogP contribution in [-0.2, 0) is 66.8 Å². The van der Waals surface area contributed by atoms with E-state index >= 15 is 0 Å². The standard InChI is InChI=1S/C29H22N6O15S4.Cu.3Na/c1-3-51(40,41)19-12-21(28(38)23(13-19)54(48,49)50)31-32-25-22(53(45,46)47)9-15-7-8-16(10-20(15)27(25)37)30-33-26-24(14(2)36)34-35(29(26)39)17-5-4-6-18(11-17)52(42,43)44;;;;/h3-13,26,37-38H,1H2,2H3,(H,42,43,44)(H,45,46,47)(H,48,49,50);;;;/q;;3*+1/p-3. The van der Waals surface area contributed by atoms with Crippen LogP contribution in [-0.4, -0.2) is 81.0 Å². The Bertz CT molecular complexity index is 2900. The van der Waals surface area contributed by atoms with Crippen LogP contribution in [0.2, 0.25) is 0 Å². The topological polar surface area (TPSA) is 345 Å². The van der Waals surface area contributed by atoms with Crippen LogP contribution in [0.5, 0.6) is 11.5 Å². The number of hydrazone groups is 1. The minimum atomic E-state index is -5.55. The maximum atomic E-state index is 13.2. The fourth-order valence-electron chi connectivity index (χ4n) is 4.77. The Hall–Kier alpha value is -2.31. The third-order valence-corrected chi connectivity index (χ3v) is 11.2. The number of phenols is 2. The number of aromatic hydroxyl groups is 2. The fourth-order valence-corrected chi connectivity index (χ4v) is 7.36. The summed E-state index contributed by atoms with van der Waals surface area (Å²) in [6.07, 6.45) is 0. The molecule has 5 rings (SSSR count). The monoisotopic (exact) mass is 951 g/mol. The zero-order valence-electron chi connectivity index (χ0n) is 30.0. The first-order chi connectivity index (χ1) is 24.9. The van der Waals surface area contributed by atoms with Gasteiger partial charge in [-0.3, -0.25) is 9.59 Å². The zero-order chi connectivity index (χ0) is 40.1. The number of amides is 1.